The highest BCUT2D eigenvalue weighted by molar-refractivity contribution is 6.33. The SMILES string of the molecule is CC(C)C(NC(=O)c1ccccc1Cl)C(=O)OCC(=O)N1CCN(c2ccccc2)CC1. The summed E-state index contributed by atoms with van der Waals surface area (Å²) in [5, 5.41) is 2.97. The van der Waals surface area contributed by atoms with Crippen LogP contribution in [0, 0.1) is 5.92 Å². The average molecular weight is 458 g/mol. The first-order valence-corrected chi connectivity index (χ1v) is 11.0. The zero-order chi connectivity index (χ0) is 23.1. The van der Waals surface area contributed by atoms with Crippen molar-refractivity contribution in [2.45, 2.75) is 19.9 Å². The molecule has 1 aliphatic rings. The van der Waals surface area contributed by atoms with Gasteiger partial charge in [-0.3, -0.25) is 9.59 Å². The number of hydrogen-bond acceptors (Lipinski definition) is 5. The summed E-state index contributed by atoms with van der Waals surface area (Å²) in [6.07, 6.45) is 0. The van der Waals surface area contributed by atoms with Crippen molar-refractivity contribution in [2.75, 3.05) is 37.7 Å². The summed E-state index contributed by atoms with van der Waals surface area (Å²) in [5.74, 6) is -1.57. The maximum absolute atomic E-state index is 12.6. The maximum atomic E-state index is 12.6. The van der Waals surface area contributed by atoms with E-state index >= 15 is 0 Å². The molecule has 32 heavy (non-hydrogen) atoms. The van der Waals surface area contributed by atoms with Gasteiger partial charge in [-0.25, -0.2) is 4.79 Å². The molecule has 1 heterocycles. The van der Waals surface area contributed by atoms with Crippen molar-refractivity contribution in [1.29, 1.82) is 0 Å². The fraction of sp³-hybridized carbons (Fsp3) is 0.375. The fourth-order valence-electron chi connectivity index (χ4n) is 3.53. The number of nitrogens with one attached hydrogen (secondary N) is 1. The molecule has 1 fully saturated rings. The van der Waals surface area contributed by atoms with Crippen LogP contribution in [-0.4, -0.2) is 61.5 Å². The smallest absolute Gasteiger partial charge is 0.329 e. The van der Waals surface area contributed by atoms with Crippen LogP contribution in [0.3, 0.4) is 0 Å². The lowest BCUT2D eigenvalue weighted by molar-refractivity contribution is -0.154. The first-order valence-electron chi connectivity index (χ1n) is 10.7. The lowest BCUT2D eigenvalue weighted by atomic mass is 10.0. The highest BCUT2D eigenvalue weighted by atomic mass is 35.5. The molecule has 0 spiro atoms. The molecule has 3 rings (SSSR count). The quantitative estimate of drug-likeness (QED) is 0.646. The topological polar surface area (TPSA) is 78.9 Å². The number of benzene rings is 2. The van der Waals surface area contributed by atoms with E-state index in [9.17, 15) is 14.4 Å². The van der Waals surface area contributed by atoms with E-state index in [0.717, 1.165) is 5.69 Å². The number of para-hydroxylation sites is 1. The minimum absolute atomic E-state index is 0.224. The number of anilines is 1. The van der Waals surface area contributed by atoms with E-state index in [4.69, 9.17) is 16.3 Å². The molecule has 1 N–H and O–H groups in total. The van der Waals surface area contributed by atoms with E-state index in [1.807, 2.05) is 30.3 Å². The molecule has 7 nitrogen and oxygen atoms in total. The Kier molecular flexibility index (Phi) is 8.11. The first kappa shape index (κ1) is 23.6. The second-order valence-electron chi connectivity index (χ2n) is 7.99. The van der Waals surface area contributed by atoms with Crippen LogP contribution in [0.4, 0.5) is 5.69 Å². The number of esters is 1. The van der Waals surface area contributed by atoms with Crippen molar-refractivity contribution in [2.24, 2.45) is 5.92 Å². The standard InChI is InChI=1S/C24H28ClN3O4/c1-17(2)22(26-23(30)19-10-6-7-11-20(19)25)24(31)32-16-21(29)28-14-12-27(13-15-28)18-8-4-3-5-9-18/h3-11,17,22H,12-16H2,1-2H3,(H,26,30). The third-order valence-corrected chi connectivity index (χ3v) is 5.75. The Morgan fingerprint density at radius 3 is 2.22 bits per heavy atom. The van der Waals surface area contributed by atoms with Crippen LogP contribution in [0.5, 0.6) is 0 Å². The minimum Gasteiger partial charge on any atom is -0.454 e. The zero-order valence-electron chi connectivity index (χ0n) is 18.3. The molecule has 0 saturated carbocycles. The van der Waals surface area contributed by atoms with Gasteiger partial charge in [-0.15, -0.1) is 0 Å². The molecule has 1 saturated heterocycles. The van der Waals surface area contributed by atoms with Crippen LogP contribution >= 0.6 is 11.6 Å². The van der Waals surface area contributed by atoms with Crippen LogP contribution in [0.15, 0.2) is 54.6 Å². The van der Waals surface area contributed by atoms with Crippen LogP contribution < -0.4 is 10.2 Å². The van der Waals surface area contributed by atoms with Crippen LogP contribution in [0.2, 0.25) is 5.02 Å². The lowest BCUT2D eigenvalue weighted by Crippen LogP contribution is -2.50. The van der Waals surface area contributed by atoms with Gasteiger partial charge in [0.25, 0.3) is 11.8 Å². The van der Waals surface area contributed by atoms with Gasteiger partial charge >= 0.3 is 5.97 Å². The minimum atomic E-state index is -0.887. The Morgan fingerprint density at radius 1 is 0.969 bits per heavy atom. The maximum Gasteiger partial charge on any atom is 0.329 e. The predicted molar refractivity (Wildman–Crippen MR) is 124 cm³/mol. The Morgan fingerprint density at radius 2 is 1.59 bits per heavy atom. The zero-order valence-corrected chi connectivity index (χ0v) is 19.0. The van der Waals surface area contributed by atoms with Crippen molar-refractivity contribution in [3.8, 4) is 0 Å². The summed E-state index contributed by atoms with van der Waals surface area (Å²) in [5.41, 5.74) is 1.40. The molecular formula is C24H28ClN3O4. The molecule has 2 aromatic rings. The van der Waals surface area contributed by atoms with Crippen molar-refractivity contribution in [3.63, 3.8) is 0 Å². The first-order chi connectivity index (χ1) is 15.4. The summed E-state index contributed by atoms with van der Waals surface area (Å²) in [4.78, 5) is 41.6. The monoisotopic (exact) mass is 457 g/mol. The van der Waals surface area contributed by atoms with Crippen molar-refractivity contribution in [1.82, 2.24) is 10.2 Å². The van der Waals surface area contributed by atoms with E-state index in [2.05, 4.69) is 10.2 Å². The summed E-state index contributed by atoms with van der Waals surface area (Å²) in [7, 11) is 0. The third-order valence-electron chi connectivity index (χ3n) is 5.42. The number of rotatable bonds is 7. The van der Waals surface area contributed by atoms with Crippen molar-refractivity contribution in [3.05, 3.63) is 65.2 Å². The van der Waals surface area contributed by atoms with Crippen LogP contribution in [0.1, 0.15) is 24.2 Å². The van der Waals surface area contributed by atoms with Crippen LogP contribution in [0.25, 0.3) is 0 Å². The number of carbonyl (C=O) groups is 3. The van der Waals surface area contributed by atoms with Gasteiger partial charge in [-0.1, -0.05) is 55.8 Å². The fourth-order valence-corrected chi connectivity index (χ4v) is 3.75. The van der Waals surface area contributed by atoms with Crippen LogP contribution in [-0.2, 0) is 14.3 Å². The number of carbonyl (C=O) groups excluding carboxylic acids is 3. The summed E-state index contributed by atoms with van der Waals surface area (Å²) >= 11 is 6.07. The van der Waals surface area contributed by atoms with E-state index < -0.39 is 17.9 Å². The Bertz CT molecular complexity index is 943. The number of piperazine rings is 1. The highest BCUT2D eigenvalue weighted by Gasteiger charge is 2.28. The van der Waals surface area contributed by atoms with Gasteiger partial charge in [0.1, 0.15) is 6.04 Å². The largest absolute Gasteiger partial charge is 0.454 e. The number of hydrogen-bond donors (Lipinski definition) is 1. The van der Waals surface area contributed by atoms with Gasteiger partial charge < -0.3 is 19.9 Å². The van der Waals surface area contributed by atoms with Gasteiger partial charge in [0.15, 0.2) is 6.61 Å². The predicted octanol–water partition coefficient (Wildman–Crippen LogP) is 2.99. The molecule has 8 heteroatoms. The average Bonchev–Trinajstić information content (AvgIpc) is 2.81. The lowest BCUT2D eigenvalue weighted by Gasteiger charge is -2.36. The van der Waals surface area contributed by atoms with Gasteiger partial charge in [-0.2, -0.15) is 0 Å². The van der Waals surface area contributed by atoms with E-state index in [1.165, 1.54) is 0 Å². The second kappa shape index (κ2) is 11.0. The number of ether oxygens (including phenoxy) is 1. The molecule has 0 aliphatic carbocycles. The summed E-state index contributed by atoms with van der Waals surface area (Å²) < 4.78 is 5.27. The molecular weight excluding hydrogens is 430 g/mol. The van der Waals surface area contributed by atoms with Crippen molar-refractivity contribution >= 4 is 35.1 Å². The van der Waals surface area contributed by atoms with Gasteiger partial charge in [0.05, 0.1) is 10.6 Å². The van der Waals surface area contributed by atoms with E-state index in [0.29, 0.717) is 31.2 Å². The van der Waals surface area contributed by atoms with Gasteiger partial charge in [-0.05, 0) is 30.2 Å². The molecule has 0 radical (unpaired) electrons. The molecule has 1 atom stereocenters. The van der Waals surface area contributed by atoms with E-state index in [1.54, 1.807) is 43.0 Å². The van der Waals surface area contributed by atoms with Crippen molar-refractivity contribution < 1.29 is 19.1 Å². The number of amides is 2. The number of nitrogens with zero attached hydrogens (tertiary/aromatic N) is 2. The summed E-state index contributed by atoms with van der Waals surface area (Å²) in [6, 6.07) is 15.8. The Balaban J connectivity index is 1.50. The number of halogens is 1. The summed E-state index contributed by atoms with van der Waals surface area (Å²) in [6.45, 7) is 5.78. The molecule has 2 amide bonds. The Labute approximate surface area is 193 Å². The molecule has 2 aromatic carbocycles. The molecule has 1 unspecified atom stereocenters. The highest BCUT2D eigenvalue weighted by Crippen LogP contribution is 2.17. The Hall–Kier alpha value is -3.06. The molecule has 0 bridgehead atoms. The molecule has 0 aromatic heterocycles. The van der Waals surface area contributed by atoms with Gasteiger partial charge in [0.2, 0.25) is 0 Å². The normalized spacial score (nSPS) is 14.8. The van der Waals surface area contributed by atoms with E-state index in [-0.39, 0.29) is 24.0 Å². The third kappa shape index (κ3) is 6.01. The molecule has 1 aliphatic heterocycles. The second-order valence-corrected chi connectivity index (χ2v) is 8.39. The van der Waals surface area contributed by atoms with Gasteiger partial charge in [0, 0.05) is 31.9 Å². The molecule has 170 valence electrons.